The molecule has 0 fully saturated rings. The van der Waals surface area contributed by atoms with Gasteiger partial charge in [-0.1, -0.05) is 30.7 Å². The summed E-state index contributed by atoms with van der Waals surface area (Å²) in [6.07, 6.45) is 3.60. The summed E-state index contributed by atoms with van der Waals surface area (Å²) < 4.78 is 1.99. The van der Waals surface area contributed by atoms with Gasteiger partial charge in [-0.15, -0.1) is 0 Å². The molecule has 3 nitrogen and oxygen atoms in total. The lowest BCUT2D eigenvalue weighted by molar-refractivity contribution is 0.723. The van der Waals surface area contributed by atoms with Gasteiger partial charge in [-0.05, 0) is 12.1 Å². The van der Waals surface area contributed by atoms with Gasteiger partial charge in [-0.3, -0.25) is 0 Å². The predicted molar refractivity (Wildman–Crippen MR) is 66.0 cm³/mol. The molecule has 1 heterocycles. The molecule has 4 heteroatoms. The van der Waals surface area contributed by atoms with E-state index in [0.29, 0.717) is 11.6 Å². The van der Waals surface area contributed by atoms with E-state index >= 15 is 0 Å². The van der Waals surface area contributed by atoms with Crippen molar-refractivity contribution in [2.75, 3.05) is 6.54 Å². The first kappa shape index (κ1) is 11.2. The Hall–Kier alpha value is -1.32. The molecule has 0 aliphatic carbocycles. The molecule has 0 aliphatic rings. The number of aromatic nitrogens is 2. The highest BCUT2D eigenvalue weighted by Gasteiger charge is 2.12. The van der Waals surface area contributed by atoms with Gasteiger partial charge in [0.05, 0.1) is 17.0 Å². The van der Waals surface area contributed by atoms with Crippen LogP contribution in [0.15, 0.2) is 36.8 Å². The molecular formula is C12H14ClN3. The van der Waals surface area contributed by atoms with Crippen molar-refractivity contribution < 1.29 is 0 Å². The highest BCUT2D eigenvalue weighted by atomic mass is 35.5. The first-order chi connectivity index (χ1) is 7.74. The van der Waals surface area contributed by atoms with Gasteiger partial charge in [0, 0.05) is 24.4 Å². The number of halogens is 1. The minimum Gasteiger partial charge on any atom is -0.330 e. The highest BCUT2D eigenvalue weighted by molar-refractivity contribution is 6.32. The van der Waals surface area contributed by atoms with E-state index in [1.807, 2.05) is 35.0 Å². The largest absolute Gasteiger partial charge is 0.330 e. The summed E-state index contributed by atoms with van der Waals surface area (Å²) in [5.74, 6) is 0.263. The standard InChI is InChI=1S/C12H14ClN3/c1-9(6-14)12-7-15-8-16(12)11-5-3-2-4-10(11)13/h2-5,7-9H,6,14H2,1H3. The third-order valence-corrected chi connectivity index (χ3v) is 2.96. The molecule has 16 heavy (non-hydrogen) atoms. The summed E-state index contributed by atoms with van der Waals surface area (Å²) in [4.78, 5) is 4.16. The lowest BCUT2D eigenvalue weighted by Crippen LogP contribution is -2.12. The van der Waals surface area contributed by atoms with Crippen molar-refractivity contribution >= 4 is 11.6 Å². The Labute approximate surface area is 99.9 Å². The van der Waals surface area contributed by atoms with Crippen LogP contribution in [0.2, 0.25) is 5.02 Å². The smallest absolute Gasteiger partial charge is 0.0994 e. The molecule has 0 saturated heterocycles. The number of imidazole rings is 1. The fourth-order valence-corrected chi connectivity index (χ4v) is 1.87. The van der Waals surface area contributed by atoms with Gasteiger partial charge in [0.25, 0.3) is 0 Å². The maximum atomic E-state index is 6.16. The Bertz CT molecular complexity index is 479. The monoisotopic (exact) mass is 235 g/mol. The number of rotatable bonds is 3. The lowest BCUT2D eigenvalue weighted by atomic mass is 10.1. The molecule has 0 spiro atoms. The van der Waals surface area contributed by atoms with Crippen LogP contribution in [0.3, 0.4) is 0 Å². The topological polar surface area (TPSA) is 43.8 Å². The molecule has 2 N–H and O–H groups in total. The van der Waals surface area contributed by atoms with Crippen molar-refractivity contribution in [1.29, 1.82) is 0 Å². The molecule has 1 aromatic heterocycles. The van der Waals surface area contributed by atoms with Crippen molar-refractivity contribution in [3.05, 3.63) is 47.5 Å². The van der Waals surface area contributed by atoms with Crippen molar-refractivity contribution in [2.45, 2.75) is 12.8 Å². The van der Waals surface area contributed by atoms with Crippen LogP contribution in [0.5, 0.6) is 0 Å². The van der Waals surface area contributed by atoms with E-state index in [-0.39, 0.29) is 5.92 Å². The van der Waals surface area contributed by atoms with E-state index < -0.39 is 0 Å². The quantitative estimate of drug-likeness (QED) is 0.889. The van der Waals surface area contributed by atoms with E-state index in [4.69, 9.17) is 17.3 Å². The summed E-state index contributed by atoms with van der Waals surface area (Å²) in [5, 5.41) is 0.714. The predicted octanol–water partition coefficient (Wildman–Crippen LogP) is 2.59. The van der Waals surface area contributed by atoms with Gasteiger partial charge < -0.3 is 10.3 Å². The number of para-hydroxylation sites is 1. The van der Waals surface area contributed by atoms with Crippen LogP contribution in [0.4, 0.5) is 0 Å². The van der Waals surface area contributed by atoms with Crippen molar-refractivity contribution in [3.63, 3.8) is 0 Å². The number of nitrogens with zero attached hydrogens (tertiary/aromatic N) is 2. The van der Waals surface area contributed by atoms with E-state index in [2.05, 4.69) is 11.9 Å². The Morgan fingerprint density at radius 1 is 1.44 bits per heavy atom. The van der Waals surface area contributed by atoms with Gasteiger partial charge in [0.15, 0.2) is 0 Å². The second-order valence-electron chi connectivity index (χ2n) is 3.78. The molecule has 0 saturated carbocycles. The highest BCUT2D eigenvalue weighted by Crippen LogP contribution is 2.24. The fraction of sp³-hybridized carbons (Fsp3) is 0.250. The summed E-state index contributed by atoms with van der Waals surface area (Å²) in [7, 11) is 0. The summed E-state index contributed by atoms with van der Waals surface area (Å²) >= 11 is 6.16. The Balaban J connectivity index is 2.49. The first-order valence-electron chi connectivity index (χ1n) is 5.21. The van der Waals surface area contributed by atoms with Crippen LogP contribution in [0.1, 0.15) is 18.5 Å². The zero-order chi connectivity index (χ0) is 11.5. The van der Waals surface area contributed by atoms with Gasteiger partial charge in [0.2, 0.25) is 0 Å². The molecule has 2 aromatic rings. The van der Waals surface area contributed by atoms with Crippen LogP contribution in [0.25, 0.3) is 5.69 Å². The minimum absolute atomic E-state index is 0.263. The molecule has 0 bridgehead atoms. The molecule has 2 rings (SSSR count). The molecule has 0 radical (unpaired) electrons. The average Bonchev–Trinajstić information content (AvgIpc) is 2.77. The van der Waals surface area contributed by atoms with E-state index in [1.54, 1.807) is 6.33 Å². The molecular weight excluding hydrogens is 222 g/mol. The Morgan fingerprint density at radius 2 is 2.19 bits per heavy atom. The maximum Gasteiger partial charge on any atom is 0.0994 e. The Kier molecular flexibility index (Phi) is 3.27. The average molecular weight is 236 g/mol. The van der Waals surface area contributed by atoms with Crippen LogP contribution in [0, 0.1) is 0 Å². The van der Waals surface area contributed by atoms with Crippen LogP contribution >= 0.6 is 11.6 Å². The van der Waals surface area contributed by atoms with Crippen LogP contribution < -0.4 is 5.73 Å². The van der Waals surface area contributed by atoms with Crippen LogP contribution in [-0.4, -0.2) is 16.1 Å². The van der Waals surface area contributed by atoms with Gasteiger partial charge >= 0.3 is 0 Å². The third-order valence-electron chi connectivity index (χ3n) is 2.64. The SMILES string of the molecule is CC(CN)c1cncn1-c1ccccc1Cl. The fourth-order valence-electron chi connectivity index (χ4n) is 1.64. The molecule has 0 amide bonds. The second-order valence-corrected chi connectivity index (χ2v) is 4.18. The van der Waals surface area contributed by atoms with Crippen molar-refractivity contribution in [2.24, 2.45) is 5.73 Å². The normalized spacial score (nSPS) is 12.7. The summed E-state index contributed by atoms with van der Waals surface area (Å²) in [5.41, 5.74) is 7.70. The lowest BCUT2D eigenvalue weighted by Gasteiger charge is -2.13. The molecule has 0 aliphatic heterocycles. The zero-order valence-corrected chi connectivity index (χ0v) is 9.85. The van der Waals surface area contributed by atoms with E-state index in [9.17, 15) is 0 Å². The van der Waals surface area contributed by atoms with E-state index in [1.165, 1.54) is 0 Å². The maximum absolute atomic E-state index is 6.16. The van der Waals surface area contributed by atoms with Gasteiger partial charge in [-0.25, -0.2) is 4.98 Å². The molecule has 1 unspecified atom stereocenters. The molecule has 84 valence electrons. The molecule has 1 atom stereocenters. The van der Waals surface area contributed by atoms with Crippen molar-refractivity contribution in [1.82, 2.24) is 9.55 Å². The number of hydrogen-bond acceptors (Lipinski definition) is 2. The summed E-state index contributed by atoms with van der Waals surface area (Å²) in [6.45, 7) is 2.67. The second kappa shape index (κ2) is 4.68. The van der Waals surface area contributed by atoms with Gasteiger partial charge in [-0.2, -0.15) is 0 Å². The third kappa shape index (κ3) is 1.96. The summed E-state index contributed by atoms with van der Waals surface area (Å²) in [6, 6.07) is 7.71. The minimum atomic E-state index is 0.263. The van der Waals surface area contributed by atoms with E-state index in [0.717, 1.165) is 11.4 Å². The first-order valence-corrected chi connectivity index (χ1v) is 5.59. The van der Waals surface area contributed by atoms with Crippen LogP contribution in [-0.2, 0) is 0 Å². The number of nitrogens with two attached hydrogens (primary N) is 1. The zero-order valence-electron chi connectivity index (χ0n) is 9.10. The van der Waals surface area contributed by atoms with Gasteiger partial charge in [0.1, 0.15) is 0 Å². The molecule has 1 aromatic carbocycles. The van der Waals surface area contributed by atoms with Crippen molar-refractivity contribution in [3.8, 4) is 5.69 Å². The number of benzene rings is 1. The number of hydrogen-bond donors (Lipinski definition) is 1. The Morgan fingerprint density at radius 3 is 2.88 bits per heavy atom.